The fraction of sp³-hybridized carbons (Fsp3) is 0.308. The van der Waals surface area contributed by atoms with E-state index < -0.39 is 0 Å². The van der Waals surface area contributed by atoms with Gasteiger partial charge in [0, 0.05) is 30.2 Å². The quantitative estimate of drug-likeness (QED) is 0.902. The Hall–Kier alpha value is -1.36. The van der Waals surface area contributed by atoms with Gasteiger partial charge in [-0.1, -0.05) is 11.6 Å². The smallest absolute Gasteiger partial charge is 0.152 e. The molecule has 1 aromatic heterocycles. The lowest BCUT2D eigenvalue weighted by Crippen LogP contribution is -2.34. The number of pyridine rings is 1. The van der Waals surface area contributed by atoms with Crippen molar-refractivity contribution in [1.29, 1.82) is 0 Å². The molecule has 2 aromatic rings. The summed E-state index contributed by atoms with van der Waals surface area (Å²) in [5.74, 6) is 0.809. The number of β-amino-alcohol motifs (C(OH)–C–C–N with tert-alkyl or cyclic N) is 1. The molecule has 3 rings (SSSR count). The monoisotopic (exact) mass is 264 g/mol. The molecule has 0 bridgehead atoms. The van der Waals surface area contributed by atoms with Crippen molar-refractivity contribution in [3.63, 3.8) is 0 Å². The fourth-order valence-corrected chi connectivity index (χ4v) is 2.52. The maximum Gasteiger partial charge on any atom is 0.152 e. The van der Waals surface area contributed by atoms with E-state index in [2.05, 4.69) is 4.98 Å². The lowest BCUT2D eigenvalue weighted by molar-refractivity contribution is 0.0784. The second-order valence-corrected chi connectivity index (χ2v) is 4.70. The third kappa shape index (κ3) is 1.92. The highest BCUT2D eigenvalue weighted by atomic mass is 35.5. The largest absolute Gasteiger partial charge is 0.475 e. The third-order valence-corrected chi connectivity index (χ3v) is 3.39. The number of fused-ring (bicyclic) bond motifs is 3. The van der Waals surface area contributed by atoms with Gasteiger partial charge in [-0.2, -0.15) is 0 Å². The lowest BCUT2D eigenvalue weighted by Gasteiger charge is -2.29. The number of hydrogen-bond acceptors (Lipinski definition) is 4. The molecule has 2 heterocycles. The number of rotatable bonds is 2. The zero-order chi connectivity index (χ0) is 12.5. The molecule has 1 aliphatic rings. The molecule has 0 spiro atoms. The molecule has 1 N–H and O–H groups in total. The Kier molecular flexibility index (Phi) is 3.07. The van der Waals surface area contributed by atoms with Crippen molar-refractivity contribution in [2.75, 3.05) is 19.9 Å². The molecule has 0 amide bonds. The van der Waals surface area contributed by atoms with Gasteiger partial charge in [0.15, 0.2) is 5.75 Å². The van der Waals surface area contributed by atoms with Crippen molar-refractivity contribution in [2.45, 2.75) is 6.54 Å². The van der Waals surface area contributed by atoms with Crippen LogP contribution in [-0.4, -0.2) is 34.9 Å². The van der Waals surface area contributed by atoms with Gasteiger partial charge in [0.05, 0.1) is 11.6 Å². The summed E-state index contributed by atoms with van der Waals surface area (Å²) in [6.07, 6.45) is 1.74. The highest BCUT2D eigenvalue weighted by Crippen LogP contribution is 2.36. The molecular weight excluding hydrogens is 252 g/mol. The van der Waals surface area contributed by atoms with E-state index in [0.29, 0.717) is 18.3 Å². The molecule has 0 atom stereocenters. The molecule has 0 aliphatic carbocycles. The number of benzene rings is 1. The summed E-state index contributed by atoms with van der Waals surface area (Å²) in [4.78, 5) is 6.37. The summed E-state index contributed by atoms with van der Waals surface area (Å²) >= 11 is 6.26. The fourth-order valence-electron chi connectivity index (χ4n) is 2.23. The Labute approximate surface area is 110 Å². The van der Waals surface area contributed by atoms with Crippen LogP contribution >= 0.6 is 11.6 Å². The number of halogens is 1. The van der Waals surface area contributed by atoms with E-state index in [1.807, 2.05) is 23.1 Å². The van der Waals surface area contributed by atoms with Crippen molar-refractivity contribution in [3.05, 3.63) is 35.0 Å². The van der Waals surface area contributed by atoms with E-state index in [1.165, 1.54) is 0 Å². The van der Waals surface area contributed by atoms with Crippen LogP contribution in [-0.2, 0) is 6.54 Å². The average molecular weight is 265 g/mol. The number of ether oxygens (including phenoxy) is 1. The average Bonchev–Trinajstić information content (AvgIpc) is 2.39. The molecule has 0 saturated heterocycles. The first kappa shape index (κ1) is 11.7. The first-order valence-electron chi connectivity index (χ1n) is 5.81. The molecular formula is C13H13ClN2O2. The van der Waals surface area contributed by atoms with Crippen LogP contribution in [0, 0.1) is 0 Å². The maximum absolute atomic E-state index is 8.96. The van der Waals surface area contributed by atoms with Crippen LogP contribution < -0.4 is 4.74 Å². The molecule has 18 heavy (non-hydrogen) atoms. The first-order valence-corrected chi connectivity index (χ1v) is 6.19. The van der Waals surface area contributed by atoms with Crippen LogP contribution in [0.2, 0.25) is 5.02 Å². The number of aliphatic hydroxyl groups is 1. The van der Waals surface area contributed by atoms with Gasteiger partial charge < -0.3 is 9.84 Å². The molecule has 1 aromatic carbocycles. The first-order chi connectivity index (χ1) is 8.79. The second-order valence-electron chi connectivity index (χ2n) is 4.30. The van der Waals surface area contributed by atoms with E-state index in [4.69, 9.17) is 21.4 Å². The topological polar surface area (TPSA) is 45.6 Å². The molecule has 5 heteroatoms. The van der Waals surface area contributed by atoms with Gasteiger partial charge in [-0.15, -0.1) is 0 Å². The molecule has 0 radical (unpaired) electrons. The molecule has 0 fully saturated rings. The number of aliphatic hydroxyl groups excluding tert-OH is 1. The maximum atomic E-state index is 8.96. The van der Waals surface area contributed by atoms with Gasteiger partial charge in [-0.25, -0.2) is 0 Å². The SMILES string of the molecule is OCCN1COc2c(cc(Cl)c3cccnc23)C1. The van der Waals surface area contributed by atoms with E-state index in [1.54, 1.807) is 6.20 Å². The van der Waals surface area contributed by atoms with Crippen molar-refractivity contribution < 1.29 is 9.84 Å². The van der Waals surface area contributed by atoms with Crippen molar-refractivity contribution in [1.82, 2.24) is 9.88 Å². The van der Waals surface area contributed by atoms with Gasteiger partial charge in [0.25, 0.3) is 0 Å². The second kappa shape index (κ2) is 4.72. The Morgan fingerprint density at radius 3 is 3.22 bits per heavy atom. The minimum atomic E-state index is 0.123. The highest BCUT2D eigenvalue weighted by Gasteiger charge is 2.21. The zero-order valence-corrected chi connectivity index (χ0v) is 10.5. The Morgan fingerprint density at radius 2 is 2.39 bits per heavy atom. The van der Waals surface area contributed by atoms with Crippen LogP contribution in [0.25, 0.3) is 10.9 Å². The summed E-state index contributed by atoms with van der Waals surface area (Å²) in [5.41, 5.74) is 1.83. The van der Waals surface area contributed by atoms with Gasteiger partial charge in [0.1, 0.15) is 12.2 Å². The number of hydrogen-bond donors (Lipinski definition) is 1. The van der Waals surface area contributed by atoms with Gasteiger partial charge in [-0.05, 0) is 18.2 Å². The minimum Gasteiger partial charge on any atom is -0.475 e. The van der Waals surface area contributed by atoms with E-state index in [0.717, 1.165) is 28.8 Å². The predicted molar refractivity (Wildman–Crippen MR) is 69.7 cm³/mol. The standard InChI is InChI=1S/C13H13ClN2O2/c14-11-6-9-7-16(4-5-17)8-18-13(9)12-10(11)2-1-3-15-12/h1-3,6,17H,4-5,7-8H2. The van der Waals surface area contributed by atoms with Gasteiger partial charge >= 0.3 is 0 Å². The summed E-state index contributed by atoms with van der Waals surface area (Å²) in [6.45, 7) is 1.92. The van der Waals surface area contributed by atoms with Crippen LogP contribution in [0.3, 0.4) is 0 Å². The summed E-state index contributed by atoms with van der Waals surface area (Å²) < 4.78 is 5.75. The Balaban J connectivity index is 2.09. The Bertz CT molecular complexity index is 588. The van der Waals surface area contributed by atoms with Crippen molar-refractivity contribution >= 4 is 22.5 Å². The van der Waals surface area contributed by atoms with Crippen molar-refractivity contribution in [3.8, 4) is 5.75 Å². The molecule has 94 valence electrons. The zero-order valence-electron chi connectivity index (χ0n) is 9.77. The normalized spacial score (nSPS) is 15.4. The third-order valence-electron chi connectivity index (χ3n) is 3.07. The molecule has 1 aliphatic heterocycles. The lowest BCUT2D eigenvalue weighted by atomic mass is 10.1. The van der Waals surface area contributed by atoms with Crippen LogP contribution in [0.5, 0.6) is 5.75 Å². The van der Waals surface area contributed by atoms with Crippen LogP contribution in [0.15, 0.2) is 24.4 Å². The highest BCUT2D eigenvalue weighted by molar-refractivity contribution is 6.35. The summed E-state index contributed by atoms with van der Waals surface area (Å²) in [7, 11) is 0. The minimum absolute atomic E-state index is 0.123. The number of nitrogens with zero attached hydrogens (tertiary/aromatic N) is 2. The summed E-state index contributed by atoms with van der Waals surface area (Å²) in [6, 6.07) is 5.72. The van der Waals surface area contributed by atoms with Crippen LogP contribution in [0.1, 0.15) is 5.56 Å². The molecule has 4 nitrogen and oxygen atoms in total. The predicted octanol–water partition coefficient (Wildman–Crippen LogP) is 2.03. The van der Waals surface area contributed by atoms with Crippen LogP contribution in [0.4, 0.5) is 0 Å². The summed E-state index contributed by atoms with van der Waals surface area (Å²) in [5, 5.41) is 10.6. The van der Waals surface area contributed by atoms with E-state index in [-0.39, 0.29) is 6.61 Å². The Morgan fingerprint density at radius 1 is 1.50 bits per heavy atom. The van der Waals surface area contributed by atoms with E-state index >= 15 is 0 Å². The van der Waals surface area contributed by atoms with Crippen molar-refractivity contribution in [2.24, 2.45) is 0 Å². The molecule has 0 unspecified atom stereocenters. The van der Waals surface area contributed by atoms with E-state index in [9.17, 15) is 0 Å². The van der Waals surface area contributed by atoms with Gasteiger partial charge in [-0.3, -0.25) is 9.88 Å². The number of aromatic nitrogens is 1. The van der Waals surface area contributed by atoms with Gasteiger partial charge in [0.2, 0.25) is 0 Å². The molecule has 0 saturated carbocycles.